The molecule has 49 heavy (non-hydrogen) atoms. The van der Waals surface area contributed by atoms with E-state index in [1.54, 1.807) is 41.6 Å². The average molecular weight is 667 g/mol. The summed E-state index contributed by atoms with van der Waals surface area (Å²) in [6.07, 6.45) is 2.91. The second kappa shape index (κ2) is 11.7. The molecule has 3 heterocycles. The van der Waals surface area contributed by atoms with Gasteiger partial charge in [-0.2, -0.15) is 0 Å². The van der Waals surface area contributed by atoms with Gasteiger partial charge in [0.25, 0.3) is 0 Å². The highest BCUT2D eigenvalue weighted by molar-refractivity contribution is 5.85. The van der Waals surface area contributed by atoms with Gasteiger partial charge >= 0.3 is 0 Å². The second-order valence-corrected chi connectivity index (χ2v) is 13.4. The lowest BCUT2D eigenvalue weighted by atomic mass is 9.76. The summed E-state index contributed by atoms with van der Waals surface area (Å²) in [5, 5.41) is 23.1. The van der Waals surface area contributed by atoms with Gasteiger partial charge in [-0.05, 0) is 103 Å². The molecule has 1 aliphatic carbocycles. The van der Waals surface area contributed by atoms with Crippen LogP contribution in [0.3, 0.4) is 0 Å². The van der Waals surface area contributed by atoms with E-state index in [0.29, 0.717) is 53.1 Å². The minimum atomic E-state index is -0.118. The van der Waals surface area contributed by atoms with Crippen molar-refractivity contribution in [3.05, 3.63) is 75.3 Å². The summed E-state index contributed by atoms with van der Waals surface area (Å²) in [5.74, 6) is 4.15. The molecule has 10 heteroatoms. The minimum absolute atomic E-state index is 0.0205. The molecule has 0 amide bonds. The van der Waals surface area contributed by atoms with Crippen LogP contribution in [0.1, 0.15) is 57.1 Å². The van der Waals surface area contributed by atoms with E-state index >= 15 is 0 Å². The van der Waals surface area contributed by atoms with Crippen molar-refractivity contribution in [3.8, 4) is 62.9 Å². The minimum Gasteiger partial charge on any atom is -0.504 e. The molecule has 0 spiro atoms. The third-order valence-electron chi connectivity index (χ3n) is 11.2. The van der Waals surface area contributed by atoms with Gasteiger partial charge in [-0.15, -0.1) is 0 Å². The van der Waals surface area contributed by atoms with Crippen LogP contribution in [-0.4, -0.2) is 76.2 Å². The standard InChI is InChI=1S/C39H42N2O8/c1-40-9-8-19-12-33(47-6)39(43)37-23-17-31(46-5)32(14-21(23)10-26(40)35(19)37)49-28-18-34(48-7)38(42)36-24(28)15-25-22-16-30(45-4)29(44-3)13-20(22)11-27(36)41(25)2/h12-14,16-18,25-27,42-43H,8-11,15H2,1-7H3. The average Bonchev–Trinajstić information content (AvgIpc) is 3.11. The van der Waals surface area contributed by atoms with E-state index in [1.807, 2.05) is 18.2 Å². The predicted molar refractivity (Wildman–Crippen MR) is 184 cm³/mol. The number of likely N-dealkylation sites (N-methyl/N-ethyl adjacent to an activating group) is 2. The van der Waals surface area contributed by atoms with Crippen molar-refractivity contribution in [1.82, 2.24) is 9.80 Å². The molecule has 0 fully saturated rings. The van der Waals surface area contributed by atoms with Crippen molar-refractivity contribution in [3.63, 3.8) is 0 Å². The van der Waals surface area contributed by atoms with Crippen LogP contribution < -0.4 is 28.4 Å². The summed E-state index contributed by atoms with van der Waals surface area (Å²) in [7, 11) is 12.3. The zero-order valence-corrected chi connectivity index (χ0v) is 29.0. The quantitative estimate of drug-likeness (QED) is 0.227. The van der Waals surface area contributed by atoms with Crippen LogP contribution in [0.4, 0.5) is 0 Å². The molecule has 10 nitrogen and oxygen atoms in total. The molecule has 3 atom stereocenters. The highest BCUT2D eigenvalue weighted by Crippen LogP contribution is 2.57. The first kappa shape index (κ1) is 31.5. The lowest BCUT2D eigenvalue weighted by Crippen LogP contribution is -2.40. The maximum atomic E-state index is 11.6. The number of benzene rings is 4. The molecule has 8 rings (SSSR count). The Morgan fingerprint density at radius 1 is 0.571 bits per heavy atom. The molecule has 256 valence electrons. The third kappa shape index (κ3) is 4.60. The number of phenols is 2. The number of hydrogen-bond donors (Lipinski definition) is 2. The first-order chi connectivity index (χ1) is 23.7. The van der Waals surface area contributed by atoms with Gasteiger partial charge in [-0.1, -0.05) is 0 Å². The number of rotatable bonds is 7. The van der Waals surface area contributed by atoms with Crippen LogP contribution >= 0.6 is 0 Å². The summed E-state index contributed by atoms with van der Waals surface area (Å²) < 4.78 is 35.5. The third-order valence-corrected chi connectivity index (χ3v) is 11.2. The number of fused-ring (bicyclic) bond motifs is 8. The van der Waals surface area contributed by atoms with Gasteiger partial charge in [0.1, 0.15) is 5.75 Å². The zero-order valence-electron chi connectivity index (χ0n) is 29.0. The molecule has 2 N–H and O–H groups in total. The lowest BCUT2D eigenvalue weighted by molar-refractivity contribution is 0.132. The van der Waals surface area contributed by atoms with Crippen LogP contribution in [0.25, 0.3) is 11.1 Å². The Balaban J connectivity index is 1.26. The predicted octanol–water partition coefficient (Wildman–Crippen LogP) is 6.51. The molecular weight excluding hydrogens is 624 g/mol. The van der Waals surface area contributed by atoms with E-state index in [2.05, 4.69) is 36.0 Å². The Bertz CT molecular complexity index is 2010. The number of aromatic hydroxyl groups is 2. The van der Waals surface area contributed by atoms with E-state index in [0.717, 1.165) is 58.3 Å². The normalized spacial score (nSPS) is 20.3. The molecule has 4 aromatic carbocycles. The molecule has 3 aliphatic heterocycles. The smallest absolute Gasteiger partial charge is 0.169 e. The Morgan fingerprint density at radius 2 is 1.18 bits per heavy atom. The molecule has 0 radical (unpaired) electrons. The number of hydrogen-bond acceptors (Lipinski definition) is 10. The van der Waals surface area contributed by atoms with Gasteiger partial charge in [0.15, 0.2) is 46.0 Å². The molecule has 4 aliphatic rings. The number of methoxy groups -OCH3 is 5. The van der Waals surface area contributed by atoms with Crippen molar-refractivity contribution >= 4 is 0 Å². The maximum absolute atomic E-state index is 11.6. The highest BCUT2D eigenvalue weighted by Gasteiger charge is 2.43. The van der Waals surface area contributed by atoms with Crippen LogP contribution in [0.15, 0.2) is 36.4 Å². The van der Waals surface area contributed by atoms with Gasteiger partial charge in [0.05, 0.1) is 35.5 Å². The van der Waals surface area contributed by atoms with Crippen molar-refractivity contribution in [1.29, 1.82) is 0 Å². The summed E-state index contributed by atoms with van der Waals surface area (Å²) in [6, 6.07) is 11.9. The van der Waals surface area contributed by atoms with Crippen LogP contribution in [0.2, 0.25) is 0 Å². The van der Waals surface area contributed by atoms with Gasteiger partial charge in [-0.3, -0.25) is 9.80 Å². The Kier molecular flexibility index (Phi) is 7.49. The SMILES string of the molecule is COc1cc2c(cc1OC)C1Cc3c(Oc4cc5c(cc4OC)-c4c(O)c(OC)cc6c4C(C5)N(C)CC6)cc(OC)c(O)c3C(C2)N1C. The maximum Gasteiger partial charge on any atom is 0.169 e. The van der Waals surface area contributed by atoms with Crippen molar-refractivity contribution in [2.45, 2.75) is 43.8 Å². The Morgan fingerprint density at radius 3 is 1.90 bits per heavy atom. The number of ether oxygens (including phenoxy) is 6. The topological polar surface area (TPSA) is 102 Å². The second-order valence-electron chi connectivity index (χ2n) is 13.4. The van der Waals surface area contributed by atoms with Crippen LogP contribution in [0, 0.1) is 0 Å². The largest absolute Gasteiger partial charge is 0.504 e. The number of phenolic OH excluding ortho intramolecular Hbond substituents is 2. The summed E-state index contributed by atoms with van der Waals surface area (Å²) in [4.78, 5) is 4.66. The van der Waals surface area contributed by atoms with Gasteiger partial charge in [-0.25, -0.2) is 0 Å². The molecule has 4 aromatic rings. The summed E-state index contributed by atoms with van der Waals surface area (Å²) >= 11 is 0. The monoisotopic (exact) mass is 666 g/mol. The van der Waals surface area contributed by atoms with E-state index in [9.17, 15) is 10.2 Å². The highest BCUT2D eigenvalue weighted by atomic mass is 16.5. The van der Waals surface area contributed by atoms with E-state index in [4.69, 9.17) is 28.4 Å². The van der Waals surface area contributed by atoms with Gasteiger partial charge < -0.3 is 38.6 Å². The molecule has 0 saturated heterocycles. The van der Waals surface area contributed by atoms with E-state index < -0.39 is 0 Å². The van der Waals surface area contributed by atoms with Gasteiger partial charge in [0.2, 0.25) is 0 Å². The van der Waals surface area contributed by atoms with Crippen molar-refractivity contribution < 1.29 is 38.6 Å². The van der Waals surface area contributed by atoms with Crippen molar-refractivity contribution in [2.75, 3.05) is 56.2 Å². The lowest BCUT2D eigenvalue weighted by Gasteiger charge is -2.46. The fourth-order valence-corrected chi connectivity index (χ4v) is 8.70. The van der Waals surface area contributed by atoms with E-state index in [1.165, 1.54) is 11.1 Å². The Hall–Kier alpha value is -4.80. The summed E-state index contributed by atoms with van der Waals surface area (Å²) in [6.45, 7) is 0.915. The van der Waals surface area contributed by atoms with Crippen LogP contribution in [0.5, 0.6) is 51.7 Å². The molecule has 2 bridgehead atoms. The zero-order chi connectivity index (χ0) is 34.3. The van der Waals surface area contributed by atoms with Crippen molar-refractivity contribution in [2.24, 2.45) is 0 Å². The molecule has 0 saturated carbocycles. The molecular formula is C39H42N2O8. The first-order valence-electron chi connectivity index (χ1n) is 16.6. The fraction of sp³-hybridized carbons (Fsp3) is 0.385. The van der Waals surface area contributed by atoms with E-state index in [-0.39, 0.29) is 29.6 Å². The number of nitrogens with zero attached hydrogens (tertiary/aromatic N) is 2. The molecule has 0 aromatic heterocycles. The van der Waals surface area contributed by atoms with Crippen LogP contribution in [-0.2, 0) is 25.7 Å². The molecule has 3 unspecified atom stereocenters. The first-order valence-corrected chi connectivity index (χ1v) is 16.6. The fourth-order valence-electron chi connectivity index (χ4n) is 8.70. The summed E-state index contributed by atoms with van der Waals surface area (Å²) in [5.41, 5.74) is 9.15. The van der Waals surface area contributed by atoms with Gasteiger partial charge in [0, 0.05) is 47.4 Å². The Labute approximate surface area is 286 Å².